The van der Waals surface area contributed by atoms with E-state index in [2.05, 4.69) is 20.9 Å². The van der Waals surface area contributed by atoms with Gasteiger partial charge in [-0.2, -0.15) is 0 Å². The zero-order chi connectivity index (χ0) is 12.3. The van der Waals surface area contributed by atoms with Crippen LogP contribution in [0.2, 0.25) is 0 Å². The number of pyridine rings is 1. The molecular formula is C12H8BrClFNO. The molecular weight excluding hydrogens is 308 g/mol. The van der Waals surface area contributed by atoms with Crippen molar-refractivity contribution < 1.29 is 9.13 Å². The first-order valence-electron chi connectivity index (χ1n) is 4.83. The van der Waals surface area contributed by atoms with E-state index in [1.807, 2.05) is 0 Å². The SMILES string of the molecule is Fc1ccc(Br)cc1Oc1ccc(CCl)cn1. The van der Waals surface area contributed by atoms with Gasteiger partial charge >= 0.3 is 0 Å². The van der Waals surface area contributed by atoms with Gasteiger partial charge in [0, 0.05) is 22.6 Å². The summed E-state index contributed by atoms with van der Waals surface area (Å²) in [7, 11) is 0. The van der Waals surface area contributed by atoms with E-state index in [1.54, 1.807) is 30.5 Å². The molecule has 0 unspecified atom stereocenters. The summed E-state index contributed by atoms with van der Waals surface area (Å²) in [5.41, 5.74) is 0.883. The summed E-state index contributed by atoms with van der Waals surface area (Å²) >= 11 is 8.89. The van der Waals surface area contributed by atoms with Crippen molar-refractivity contribution in [2.75, 3.05) is 0 Å². The molecule has 0 bridgehead atoms. The summed E-state index contributed by atoms with van der Waals surface area (Å²) in [6.07, 6.45) is 1.60. The minimum Gasteiger partial charge on any atom is -0.436 e. The van der Waals surface area contributed by atoms with Crippen LogP contribution in [0.15, 0.2) is 41.0 Å². The minimum atomic E-state index is -0.434. The van der Waals surface area contributed by atoms with Crippen molar-refractivity contribution in [2.24, 2.45) is 0 Å². The highest BCUT2D eigenvalue weighted by molar-refractivity contribution is 9.10. The van der Waals surface area contributed by atoms with Crippen LogP contribution < -0.4 is 4.74 Å². The Labute approximate surface area is 112 Å². The standard InChI is InChI=1S/C12H8BrClFNO/c13-9-2-3-10(15)11(5-9)17-12-4-1-8(6-14)7-16-12/h1-5,7H,6H2. The molecule has 0 N–H and O–H groups in total. The van der Waals surface area contributed by atoms with Crippen molar-refractivity contribution in [3.8, 4) is 11.6 Å². The number of nitrogens with zero attached hydrogens (tertiary/aromatic N) is 1. The third-order valence-corrected chi connectivity index (χ3v) is 2.86. The van der Waals surface area contributed by atoms with Crippen LogP contribution in [0.4, 0.5) is 4.39 Å². The summed E-state index contributed by atoms with van der Waals surface area (Å²) in [6, 6.07) is 7.91. The van der Waals surface area contributed by atoms with E-state index in [0.717, 1.165) is 10.0 Å². The lowest BCUT2D eigenvalue weighted by molar-refractivity contribution is 0.427. The predicted octanol–water partition coefficient (Wildman–Crippen LogP) is 4.51. The molecule has 2 rings (SSSR count). The van der Waals surface area contributed by atoms with Crippen LogP contribution in [0.5, 0.6) is 11.6 Å². The van der Waals surface area contributed by atoms with Crippen LogP contribution in [-0.2, 0) is 5.88 Å². The van der Waals surface area contributed by atoms with E-state index in [9.17, 15) is 4.39 Å². The Morgan fingerprint density at radius 2 is 2.12 bits per heavy atom. The topological polar surface area (TPSA) is 22.1 Å². The minimum absolute atomic E-state index is 0.130. The molecule has 0 aliphatic rings. The maximum absolute atomic E-state index is 13.4. The van der Waals surface area contributed by atoms with Crippen LogP contribution in [0.25, 0.3) is 0 Å². The van der Waals surface area contributed by atoms with Gasteiger partial charge in [-0.25, -0.2) is 9.37 Å². The average molecular weight is 317 g/mol. The zero-order valence-electron chi connectivity index (χ0n) is 8.66. The van der Waals surface area contributed by atoms with Gasteiger partial charge in [0.1, 0.15) is 0 Å². The van der Waals surface area contributed by atoms with Gasteiger partial charge in [0.15, 0.2) is 11.6 Å². The molecule has 0 amide bonds. The van der Waals surface area contributed by atoms with E-state index in [4.69, 9.17) is 16.3 Å². The first-order chi connectivity index (χ1) is 8.19. The van der Waals surface area contributed by atoms with Crippen LogP contribution >= 0.6 is 27.5 Å². The van der Waals surface area contributed by atoms with Crippen molar-refractivity contribution in [1.82, 2.24) is 4.98 Å². The summed E-state index contributed by atoms with van der Waals surface area (Å²) in [5.74, 6) is 0.413. The number of hydrogen-bond donors (Lipinski definition) is 0. The van der Waals surface area contributed by atoms with Gasteiger partial charge in [-0.05, 0) is 23.8 Å². The third kappa shape index (κ3) is 3.17. The molecule has 0 radical (unpaired) electrons. The van der Waals surface area contributed by atoms with Crippen LogP contribution in [-0.4, -0.2) is 4.98 Å². The third-order valence-electron chi connectivity index (χ3n) is 2.06. The van der Waals surface area contributed by atoms with Crippen molar-refractivity contribution >= 4 is 27.5 Å². The Kier molecular flexibility index (Phi) is 3.97. The molecule has 0 fully saturated rings. The number of halogens is 3. The van der Waals surface area contributed by atoms with Crippen molar-refractivity contribution in [2.45, 2.75) is 5.88 Å². The van der Waals surface area contributed by atoms with Crippen LogP contribution in [0.3, 0.4) is 0 Å². The number of aromatic nitrogens is 1. The molecule has 0 aliphatic carbocycles. The van der Waals surface area contributed by atoms with E-state index < -0.39 is 5.82 Å². The first-order valence-corrected chi connectivity index (χ1v) is 6.15. The second kappa shape index (κ2) is 5.47. The number of alkyl halides is 1. The molecule has 1 aromatic heterocycles. The van der Waals surface area contributed by atoms with Gasteiger partial charge < -0.3 is 4.74 Å². The molecule has 88 valence electrons. The van der Waals surface area contributed by atoms with E-state index in [1.165, 1.54) is 6.07 Å². The highest BCUT2D eigenvalue weighted by atomic mass is 79.9. The normalized spacial score (nSPS) is 10.3. The van der Waals surface area contributed by atoms with Crippen LogP contribution in [0, 0.1) is 5.82 Å². The fourth-order valence-electron chi connectivity index (χ4n) is 1.22. The Morgan fingerprint density at radius 3 is 2.76 bits per heavy atom. The predicted molar refractivity (Wildman–Crippen MR) is 68.0 cm³/mol. The smallest absolute Gasteiger partial charge is 0.219 e. The molecule has 1 heterocycles. The Balaban J connectivity index is 2.22. The van der Waals surface area contributed by atoms with Crippen molar-refractivity contribution in [1.29, 1.82) is 0 Å². The van der Waals surface area contributed by atoms with Gasteiger partial charge in [-0.15, -0.1) is 11.6 Å². The van der Waals surface area contributed by atoms with Crippen molar-refractivity contribution in [3.05, 3.63) is 52.4 Å². The summed E-state index contributed by atoms with van der Waals surface area (Å²) in [6.45, 7) is 0. The Bertz CT molecular complexity index is 518. The molecule has 0 atom stereocenters. The average Bonchev–Trinajstić information content (AvgIpc) is 2.35. The second-order valence-corrected chi connectivity index (χ2v) is 4.50. The lowest BCUT2D eigenvalue weighted by atomic mass is 10.3. The summed E-state index contributed by atoms with van der Waals surface area (Å²) in [4.78, 5) is 4.03. The number of ether oxygens (including phenoxy) is 1. The fraction of sp³-hybridized carbons (Fsp3) is 0.0833. The molecule has 5 heteroatoms. The Morgan fingerprint density at radius 1 is 1.29 bits per heavy atom. The van der Waals surface area contributed by atoms with Gasteiger partial charge in [-0.3, -0.25) is 0 Å². The maximum atomic E-state index is 13.4. The molecule has 0 spiro atoms. The quantitative estimate of drug-likeness (QED) is 0.777. The second-order valence-electron chi connectivity index (χ2n) is 3.32. The number of hydrogen-bond acceptors (Lipinski definition) is 2. The molecule has 0 saturated carbocycles. The lowest BCUT2D eigenvalue weighted by Gasteiger charge is -2.06. The van der Waals surface area contributed by atoms with E-state index >= 15 is 0 Å². The van der Waals surface area contributed by atoms with E-state index in [-0.39, 0.29) is 5.75 Å². The lowest BCUT2D eigenvalue weighted by Crippen LogP contribution is -1.91. The van der Waals surface area contributed by atoms with Gasteiger partial charge in [0.2, 0.25) is 5.88 Å². The molecule has 1 aromatic carbocycles. The highest BCUT2D eigenvalue weighted by Crippen LogP contribution is 2.26. The summed E-state index contributed by atoms with van der Waals surface area (Å²) < 4.78 is 19.5. The van der Waals surface area contributed by atoms with Crippen molar-refractivity contribution in [3.63, 3.8) is 0 Å². The number of rotatable bonds is 3. The van der Waals surface area contributed by atoms with Crippen LogP contribution in [0.1, 0.15) is 5.56 Å². The van der Waals surface area contributed by atoms with E-state index in [0.29, 0.717) is 11.8 Å². The molecule has 2 aromatic rings. The number of benzene rings is 1. The molecule has 0 saturated heterocycles. The highest BCUT2D eigenvalue weighted by Gasteiger charge is 2.06. The summed E-state index contributed by atoms with van der Waals surface area (Å²) in [5, 5.41) is 0. The fourth-order valence-corrected chi connectivity index (χ4v) is 1.72. The van der Waals surface area contributed by atoms with Gasteiger partial charge in [-0.1, -0.05) is 22.0 Å². The monoisotopic (exact) mass is 315 g/mol. The first kappa shape index (κ1) is 12.3. The molecule has 17 heavy (non-hydrogen) atoms. The molecule has 0 aliphatic heterocycles. The Hall–Kier alpha value is -1.13. The van der Waals surface area contributed by atoms with Gasteiger partial charge in [0.05, 0.1) is 0 Å². The largest absolute Gasteiger partial charge is 0.436 e. The molecule has 2 nitrogen and oxygen atoms in total. The maximum Gasteiger partial charge on any atom is 0.219 e. The zero-order valence-corrected chi connectivity index (χ0v) is 11.0. The van der Waals surface area contributed by atoms with Gasteiger partial charge in [0.25, 0.3) is 0 Å².